The molecule has 0 radical (unpaired) electrons. The van der Waals surface area contributed by atoms with Crippen LogP contribution in [-0.2, 0) is 6.61 Å². The molecule has 0 saturated carbocycles. The molecular weight excluding hydrogens is 312 g/mol. The fraction of sp³-hybridized carbons (Fsp3) is 0.0909. The molecule has 0 fully saturated rings. The van der Waals surface area contributed by atoms with Crippen molar-refractivity contribution in [3.05, 3.63) is 101 Å². The Labute approximate surface area is 145 Å². The molecule has 0 unspecified atom stereocenters. The van der Waals surface area contributed by atoms with Crippen molar-refractivity contribution < 1.29 is 14.3 Å². The highest BCUT2D eigenvalue weighted by atomic mass is 16.5. The van der Waals surface area contributed by atoms with Crippen LogP contribution in [0.25, 0.3) is 0 Å². The van der Waals surface area contributed by atoms with Crippen molar-refractivity contribution in [2.24, 2.45) is 0 Å². The third kappa shape index (κ3) is 2.85. The standard InChI is InChI=1S/C22H16O3/c23-21-18-11-4-5-12-19(18)22(24)20(21)16-9-6-10-17(13-16)25-14-15-7-2-1-3-8-15/h1-13,20H,14H2. The molecule has 0 spiro atoms. The van der Waals surface area contributed by atoms with Crippen molar-refractivity contribution in [2.45, 2.75) is 12.5 Å². The van der Waals surface area contributed by atoms with Gasteiger partial charge in [-0.25, -0.2) is 0 Å². The van der Waals surface area contributed by atoms with Gasteiger partial charge in [-0.1, -0.05) is 66.7 Å². The molecule has 3 heteroatoms. The predicted molar refractivity (Wildman–Crippen MR) is 95.1 cm³/mol. The number of fused-ring (bicyclic) bond motifs is 1. The molecule has 25 heavy (non-hydrogen) atoms. The summed E-state index contributed by atoms with van der Waals surface area (Å²) in [7, 11) is 0. The maximum absolute atomic E-state index is 12.6. The summed E-state index contributed by atoms with van der Waals surface area (Å²) >= 11 is 0. The molecule has 0 heterocycles. The first kappa shape index (κ1) is 15.3. The Morgan fingerprint density at radius 2 is 1.36 bits per heavy atom. The summed E-state index contributed by atoms with van der Waals surface area (Å²) in [6, 6.07) is 24.1. The summed E-state index contributed by atoms with van der Waals surface area (Å²) in [5, 5.41) is 0. The fourth-order valence-corrected chi connectivity index (χ4v) is 3.17. The zero-order valence-corrected chi connectivity index (χ0v) is 13.5. The van der Waals surface area contributed by atoms with Gasteiger partial charge in [0.05, 0.1) is 0 Å². The van der Waals surface area contributed by atoms with Crippen molar-refractivity contribution in [3.8, 4) is 5.75 Å². The average molecular weight is 328 g/mol. The van der Waals surface area contributed by atoms with Gasteiger partial charge in [0.25, 0.3) is 0 Å². The molecular formula is C22H16O3. The Morgan fingerprint density at radius 1 is 0.720 bits per heavy atom. The molecule has 0 atom stereocenters. The molecule has 0 saturated heterocycles. The number of rotatable bonds is 4. The van der Waals surface area contributed by atoms with E-state index in [2.05, 4.69) is 0 Å². The van der Waals surface area contributed by atoms with E-state index < -0.39 is 5.92 Å². The average Bonchev–Trinajstić information content (AvgIpc) is 2.92. The van der Waals surface area contributed by atoms with Gasteiger partial charge in [0, 0.05) is 11.1 Å². The van der Waals surface area contributed by atoms with Gasteiger partial charge in [-0.05, 0) is 23.3 Å². The first-order valence-corrected chi connectivity index (χ1v) is 8.18. The van der Waals surface area contributed by atoms with Crippen LogP contribution in [0, 0.1) is 0 Å². The Bertz CT molecular complexity index is 909. The third-order valence-electron chi connectivity index (χ3n) is 4.42. The van der Waals surface area contributed by atoms with Gasteiger partial charge in [0.15, 0.2) is 11.6 Å². The maximum Gasteiger partial charge on any atom is 0.178 e. The smallest absolute Gasteiger partial charge is 0.178 e. The lowest BCUT2D eigenvalue weighted by Gasteiger charge is -2.11. The summed E-state index contributed by atoms with van der Waals surface area (Å²) in [6.45, 7) is 0.442. The summed E-state index contributed by atoms with van der Waals surface area (Å²) < 4.78 is 5.82. The number of ether oxygens (including phenoxy) is 1. The number of hydrogen-bond acceptors (Lipinski definition) is 3. The number of carbonyl (C=O) groups is 2. The van der Waals surface area contributed by atoms with Crippen molar-refractivity contribution in [3.63, 3.8) is 0 Å². The molecule has 4 rings (SSSR count). The van der Waals surface area contributed by atoms with Crippen LogP contribution in [-0.4, -0.2) is 11.6 Å². The molecule has 0 aromatic heterocycles. The lowest BCUT2D eigenvalue weighted by Crippen LogP contribution is -2.12. The molecule has 122 valence electrons. The van der Waals surface area contributed by atoms with Crippen molar-refractivity contribution in [2.75, 3.05) is 0 Å². The van der Waals surface area contributed by atoms with E-state index in [-0.39, 0.29) is 11.6 Å². The third-order valence-corrected chi connectivity index (χ3v) is 4.42. The highest BCUT2D eigenvalue weighted by Crippen LogP contribution is 2.35. The molecule has 0 aliphatic heterocycles. The Hall–Kier alpha value is -3.20. The molecule has 1 aliphatic carbocycles. The predicted octanol–water partition coefficient (Wildman–Crippen LogP) is 4.43. The normalized spacial score (nSPS) is 13.8. The number of carbonyl (C=O) groups excluding carboxylic acids is 2. The zero-order valence-electron chi connectivity index (χ0n) is 13.5. The van der Waals surface area contributed by atoms with Gasteiger partial charge in [-0.3, -0.25) is 9.59 Å². The Kier molecular flexibility index (Phi) is 3.90. The second-order valence-electron chi connectivity index (χ2n) is 6.05. The Balaban J connectivity index is 1.58. The van der Waals surface area contributed by atoms with Crippen LogP contribution in [0.15, 0.2) is 78.9 Å². The molecule has 3 aromatic carbocycles. The summed E-state index contributed by atoms with van der Waals surface area (Å²) in [6.07, 6.45) is 0. The van der Waals surface area contributed by atoms with Crippen LogP contribution in [0.4, 0.5) is 0 Å². The van der Waals surface area contributed by atoms with Crippen LogP contribution >= 0.6 is 0 Å². The van der Waals surface area contributed by atoms with Gasteiger partial charge < -0.3 is 4.74 Å². The van der Waals surface area contributed by atoms with E-state index in [4.69, 9.17) is 4.74 Å². The van der Waals surface area contributed by atoms with Crippen LogP contribution in [0.1, 0.15) is 37.8 Å². The fourth-order valence-electron chi connectivity index (χ4n) is 3.17. The topological polar surface area (TPSA) is 43.4 Å². The van der Waals surface area contributed by atoms with E-state index in [0.29, 0.717) is 29.0 Å². The largest absolute Gasteiger partial charge is 0.489 e. The Morgan fingerprint density at radius 3 is 2.04 bits per heavy atom. The summed E-state index contributed by atoms with van der Waals surface area (Å²) in [4.78, 5) is 25.3. The van der Waals surface area contributed by atoms with Crippen molar-refractivity contribution >= 4 is 11.6 Å². The van der Waals surface area contributed by atoms with Gasteiger partial charge in [0.1, 0.15) is 18.3 Å². The van der Waals surface area contributed by atoms with Crippen molar-refractivity contribution in [1.82, 2.24) is 0 Å². The van der Waals surface area contributed by atoms with E-state index >= 15 is 0 Å². The quantitative estimate of drug-likeness (QED) is 0.666. The van der Waals surface area contributed by atoms with E-state index in [0.717, 1.165) is 5.56 Å². The molecule has 0 bridgehead atoms. The number of Topliss-reactive ketones (excluding diaryl/α,β-unsaturated/α-hetero) is 2. The lowest BCUT2D eigenvalue weighted by atomic mass is 9.94. The second kappa shape index (κ2) is 6.36. The number of benzene rings is 3. The highest BCUT2D eigenvalue weighted by Gasteiger charge is 2.39. The molecule has 0 N–H and O–H groups in total. The summed E-state index contributed by atoms with van der Waals surface area (Å²) in [5.74, 6) is -0.391. The van der Waals surface area contributed by atoms with Gasteiger partial charge >= 0.3 is 0 Å². The monoisotopic (exact) mass is 328 g/mol. The maximum atomic E-state index is 12.6. The number of ketones is 2. The van der Waals surface area contributed by atoms with Crippen LogP contribution < -0.4 is 4.74 Å². The minimum atomic E-state index is -0.766. The van der Waals surface area contributed by atoms with E-state index in [9.17, 15) is 9.59 Å². The molecule has 0 amide bonds. The second-order valence-corrected chi connectivity index (χ2v) is 6.05. The number of hydrogen-bond donors (Lipinski definition) is 0. The van der Waals surface area contributed by atoms with Gasteiger partial charge in [-0.2, -0.15) is 0 Å². The van der Waals surface area contributed by atoms with Crippen LogP contribution in [0.2, 0.25) is 0 Å². The minimum absolute atomic E-state index is 0.138. The van der Waals surface area contributed by atoms with Crippen molar-refractivity contribution in [1.29, 1.82) is 0 Å². The highest BCUT2D eigenvalue weighted by molar-refractivity contribution is 6.29. The van der Waals surface area contributed by atoms with E-state index in [1.807, 2.05) is 48.5 Å². The SMILES string of the molecule is O=C1c2ccccc2C(=O)C1c1cccc(OCc2ccccc2)c1. The molecule has 3 nitrogen and oxygen atoms in total. The van der Waals surface area contributed by atoms with E-state index in [1.54, 1.807) is 30.3 Å². The molecule has 3 aromatic rings. The summed E-state index contributed by atoms with van der Waals surface area (Å²) in [5.41, 5.74) is 2.76. The molecule has 1 aliphatic rings. The van der Waals surface area contributed by atoms with E-state index in [1.165, 1.54) is 0 Å². The zero-order chi connectivity index (χ0) is 17.2. The minimum Gasteiger partial charge on any atom is -0.489 e. The van der Waals surface area contributed by atoms with Gasteiger partial charge in [-0.15, -0.1) is 0 Å². The van der Waals surface area contributed by atoms with Crippen LogP contribution in [0.5, 0.6) is 5.75 Å². The first-order chi connectivity index (χ1) is 12.2. The van der Waals surface area contributed by atoms with Gasteiger partial charge in [0.2, 0.25) is 0 Å². The first-order valence-electron chi connectivity index (χ1n) is 8.18. The van der Waals surface area contributed by atoms with Crippen LogP contribution in [0.3, 0.4) is 0 Å². The lowest BCUT2D eigenvalue weighted by molar-refractivity contribution is 0.0890.